The Balaban J connectivity index is 2.33. The average Bonchev–Trinajstić information content (AvgIpc) is 2.38. The summed E-state index contributed by atoms with van der Waals surface area (Å²) in [5.41, 5.74) is 0.526. The third-order valence-corrected chi connectivity index (χ3v) is 3.96. The minimum Gasteiger partial charge on any atom is -0.375 e. The summed E-state index contributed by atoms with van der Waals surface area (Å²) in [5.74, 6) is -1.04. The van der Waals surface area contributed by atoms with Gasteiger partial charge in [-0.15, -0.1) is 0 Å². The number of aryl methyl sites for hydroxylation is 1. The lowest BCUT2D eigenvalue weighted by Gasteiger charge is -2.16. The molecule has 0 aliphatic carbocycles. The number of benzene rings is 1. The van der Waals surface area contributed by atoms with Gasteiger partial charge in [0.15, 0.2) is 0 Å². The second-order valence-electron chi connectivity index (χ2n) is 4.21. The van der Waals surface area contributed by atoms with Gasteiger partial charge in [-0.3, -0.25) is 0 Å². The molecule has 0 aliphatic heterocycles. The lowest BCUT2D eigenvalue weighted by atomic mass is 10.1. The fourth-order valence-corrected chi connectivity index (χ4v) is 2.51. The first-order valence-corrected chi connectivity index (χ1v) is 7.34. The Morgan fingerprint density at radius 3 is 2.47 bits per heavy atom. The van der Waals surface area contributed by atoms with E-state index in [0.29, 0.717) is 12.0 Å². The normalized spacial score (nSPS) is 12.9. The van der Waals surface area contributed by atoms with E-state index in [9.17, 15) is 8.78 Å². The van der Waals surface area contributed by atoms with Gasteiger partial charge >= 0.3 is 9.53 Å². The summed E-state index contributed by atoms with van der Waals surface area (Å²) in [5, 5.41) is 0. The minimum atomic E-state index is -1.65. The van der Waals surface area contributed by atoms with Gasteiger partial charge in [-0.2, -0.15) is 0 Å². The zero-order valence-electron chi connectivity index (χ0n) is 11.4. The molecular weight excluding hydrogens is 270 g/mol. The number of rotatable bonds is 8. The van der Waals surface area contributed by atoms with Crippen LogP contribution < -0.4 is 0 Å². The highest BCUT2D eigenvalue weighted by Gasteiger charge is 2.18. The maximum absolute atomic E-state index is 13.4. The van der Waals surface area contributed by atoms with Crippen molar-refractivity contribution in [2.75, 3.05) is 14.2 Å². The Morgan fingerprint density at radius 1 is 1.21 bits per heavy atom. The van der Waals surface area contributed by atoms with Gasteiger partial charge in [-0.1, -0.05) is 6.07 Å². The minimum absolute atomic E-state index is 0.0164. The summed E-state index contributed by atoms with van der Waals surface area (Å²) < 4.78 is 41.7. The molecule has 0 fully saturated rings. The van der Waals surface area contributed by atoms with E-state index in [2.05, 4.69) is 0 Å². The summed E-state index contributed by atoms with van der Waals surface area (Å²) in [7, 11) is 1.43. The highest BCUT2D eigenvalue weighted by molar-refractivity contribution is 6.36. The first-order chi connectivity index (χ1) is 9.06. The number of hydrogen-bond acceptors (Lipinski definition) is 3. The molecule has 0 saturated heterocycles. The van der Waals surface area contributed by atoms with Crippen molar-refractivity contribution in [2.45, 2.75) is 32.3 Å². The van der Waals surface area contributed by atoms with Crippen LogP contribution in [0.5, 0.6) is 0 Å². The van der Waals surface area contributed by atoms with Crippen molar-refractivity contribution in [1.82, 2.24) is 0 Å². The van der Waals surface area contributed by atoms with Crippen LogP contribution in [-0.4, -0.2) is 29.9 Å². The lowest BCUT2D eigenvalue weighted by molar-refractivity contribution is 0.0897. The average molecular weight is 289 g/mol. The Kier molecular flexibility index (Phi) is 7.15. The SMILES string of the molecule is CO[Si](OC)OC(C)CCCc1ccc(F)cc1F. The van der Waals surface area contributed by atoms with Crippen LogP contribution in [-0.2, 0) is 19.7 Å². The van der Waals surface area contributed by atoms with Crippen LogP contribution in [0.3, 0.4) is 0 Å². The van der Waals surface area contributed by atoms with Crippen molar-refractivity contribution >= 4 is 9.53 Å². The summed E-state index contributed by atoms with van der Waals surface area (Å²) in [6, 6.07) is 3.66. The van der Waals surface area contributed by atoms with Gasteiger partial charge in [0.05, 0.1) is 0 Å². The van der Waals surface area contributed by atoms with E-state index in [1.54, 1.807) is 14.2 Å². The van der Waals surface area contributed by atoms with E-state index in [0.717, 1.165) is 18.9 Å². The molecule has 1 unspecified atom stereocenters. The van der Waals surface area contributed by atoms with E-state index in [-0.39, 0.29) is 6.10 Å². The van der Waals surface area contributed by atoms with E-state index in [1.165, 1.54) is 12.1 Å². The van der Waals surface area contributed by atoms with E-state index >= 15 is 0 Å². The second kappa shape index (κ2) is 8.37. The van der Waals surface area contributed by atoms with Gasteiger partial charge in [-0.05, 0) is 37.8 Å². The summed E-state index contributed by atoms with van der Waals surface area (Å²) in [6.07, 6.45) is 2.06. The first-order valence-electron chi connectivity index (χ1n) is 6.12. The fraction of sp³-hybridized carbons (Fsp3) is 0.538. The van der Waals surface area contributed by atoms with Crippen molar-refractivity contribution in [3.8, 4) is 0 Å². The molecule has 3 nitrogen and oxygen atoms in total. The molecule has 19 heavy (non-hydrogen) atoms. The molecule has 6 heteroatoms. The third-order valence-electron chi connectivity index (χ3n) is 2.70. The predicted octanol–water partition coefficient (Wildman–Crippen LogP) is 2.97. The molecule has 0 aliphatic rings. The summed E-state index contributed by atoms with van der Waals surface area (Å²) in [6.45, 7) is 1.92. The van der Waals surface area contributed by atoms with Gasteiger partial charge in [-0.25, -0.2) is 8.78 Å². The van der Waals surface area contributed by atoms with Crippen molar-refractivity contribution in [2.24, 2.45) is 0 Å². The molecule has 0 spiro atoms. The molecule has 1 rings (SSSR count). The van der Waals surface area contributed by atoms with E-state index in [1.807, 2.05) is 6.92 Å². The van der Waals surface area contributed by atoms with Crippen molar-refractivity contribution in [3.05, 3.63) is 35.4 Å². The summed E-state index contributed by atoms with van der Waals surface area (Å²) in [4.78, 5) is 0. The topological polar surface area (TPSA) is 27.7 Å². The van der Waals surface area contributed by atoms with Crippen LogP contribution in [0, 0.1) is 11.6 Å². The molecule has 0 heterocycles. The number of hydrogen-bond donors (Lipinski definition) is 0. The molecule has 0 amide bonds. The third kappa shape index (κ3) is 5.77. The summed E-state index contributed by atoms with van der Waals surface area (Å²) >= 11 is 0. The Hall–Kier alpha value is -0.823. The van der Waals surface area contributed by atoms with Crippen LogP contribution >= 0.6 is 0 Å². The van der Waals surface area contributed by atoms with Crippen LogP contribution in [0.2, 0.25) is 0 Å². The molecule has 0 aromatic heterocycles. The van der Waals surface area contributed by atoms with Crippen molar-refractivity contribution in [3.63, 3.8) is 0 Å². The Morgan fingerprint density at radius 2 is 1.89 bits per heavy atom. The quantitative estimate of drug-likeness (QED) is 0.689. The van der Waals surface area contributed by atoms with Crippen LogP contribution in [0.15, 0.2) is 18.2 Å². The van der Waals surface area contributed by atoms with Gasteiger partial charge in [0.1, 0.15) is 11.6 Å². The van der Waals surface area contributed by atoms with Gasteiger partial charge in [0, 0.05) is 26.4 Å². The highest BCUT2D eigenvalue weighted by atomic mass is 28.3. The smallest absolute Gasteiger partial charge is 0.375 e. The maximum Gasteiger partial charge on any atom is 0.577 e. The molecule has 0 N–H and O–H groups in total. The maximum atomic E-state index is 13.4. The molecule has 1 atom stereocenters. The monoisotopic (exact) mass is 289 g/mol. The molecule has 1 aromatic carbocycles. The van der Waals surface area contributed by atoms with Crippen molar-refractivity contribution in [1.29, 1.82) is 0 Å². The molecule has 1 radical (unpaired) electrons. The van der Waals surface area contributed by atoms with Gasteiger partial charge < -0.3 is 13.3 Å². The molecular formula is C13H19F2O3Si. The second-order valence-corrected chi connectivity index (χ2v) is 5.77. The Bertz CT molecular complexity index is 386. The lowest BCUT2D eigenvalue weighted by Crippen LogP contribution is -2.28. The van der Waals surface area contributed by atoms with E-state index in [4.69, 9.17) is 13.3 Å². The zero-order chi connectivity index (χ0) is 14.3. The molecule has 0 saturated carbocycles. The van der Waals surface area contributed by atoms with E-state index < -0.39 is 21.2 Å². The zero-order valence-corrected chi connectivity index (χ0v) is 12.4. The Labute approximate surface area is 114 Å². The molecule has 1 aromatic rings. The molecule has 107 valence electrons. The predicted molar refractivity (Wildman–Crippen MR) is 69.6 cm³/mol. The highest BCUT2D eigenvalue weighted by Crippen LogP contribution is 2.14. The molecule has 0 bridgehead atoms. The number of halogens is 2. The van der Waals surface area contributed by atoms with Crippen LogP contribution in [0.25, 0.3) is 0 Å². The fourth-order valence-electron chi connectivity index (χ4n) is 1.71. The first kappa shape index (κ1) is 16.2. The van der Waals surface area contributed by atoms with Gasteiger partial charge in [0.25, 0.3) is 0 Å². The standard InChI is InChI=1S/C13H19F2O3Si/c1-10(18-19(16-2)17-3)5-4-6-11-7-8-12(14)9-13(11)15/h7-10H,4-6H2,1-3H3. The largest absolute Gasteiger partial charge is 0.577 e. The van der Waals surface area contributed by atoms with Crippen LogP contribution in [0.1, 0.15) is 25.3 Å². The van der Waals surface area contributed by atoms with Crippen molar-refractivity contribution < 1.29 is 22.1 Å². The van der Waals surface area contributed by atoms with Crippen LogP contribution in [0.4, 0.5) is 8.78 Å². The van der Waals surface area contributed by atoms with Gasteiger partial charge in [0.2, 0.25) is 0 Å².